The summed E-state index contributed by atoms with van der Waals surface area (Å²) in [6.07, 6.45) is -0.0249. The molecule has 1 aromatic heterocycles. The van der Waals surface area contributed by atoms with E-state index in [0.29, 0.717) is 11.4 Å². The van der Waals surface area contributed by atoms with Gasteiger partial charge in [-0.3, -0.25) is 4.68 Å². The molecule has 0 saturated heterocycles. The molecule has 0 saturated carbocycles. The molecule has 2 rings (SSSR count). The van der Waals surface area contributed by atoms with Crippen molar-refractivity contribution in [2.45, 2.75) is 19.4 Å². The molecule has 1 unspecified atom stereocenters. The molecule has 5 heteroatoms. The monoisotopic (exact) mass is 376 g/mol. The SMILES string of the molecule is Cc1cc(CC(O)c2ccc(I)c(Cl)c2)n(C)n1. The Kier molecular flexibility index (Phi) is 4.29. The van der Waals surface area contributed by atoms with Gasteiger partial charge < -0.3 is 5.11 Å². The van der Waals surface area contributed by atoms with Gasteiger partial charge in [-0.1, -0.05) is 17.7 Å². The summed E-state index contributed by atoms with van der Waals surface area (Å²) >= 11 is 8.23. The zero-order valence-electron chi connectivity index (χ0n) is 10.2. The minimum absolute atomic E-state index is 0.536. The number of aromatic nitrogens is 2. The molecular formula is C13H14ClIN2O. The number of aryl methyl sites for hydroxylation is 2. The maximum atomic E-state index is 10.2. The second-order valence-electron chi connectivity index (χ2n) is 4.29. The van der Waals surface area contributed by atoms with E-state index in [0.717, 1.165) is 20.5 Å². The molecule has 3 nitrogen and oxygen atoms in total. The van der Waals surface area contributed by atoms with Crippen LogP contribution in [0, 0.1) is 10.5 Å². The molecule has 0 spiro atoms. The van der Waals surface area contributed by atoms with E-state index in [4.69, 9.17) is 11.6 Å². The van der Waals surface area contributed by atoms with Crippen molar-refractivity contribution in [3.63, 3.8) is 0 Å². The number of benzene rings is 1. The van der Waals surface area contributed by atoms with E-state index in [1.54, 1.807) is 4.68 Å². The number of rotatable bonds is 3. The average molecular weight is 377 g/mol. The molecule has 0 aliphatic rings. The average Bonchev–Trinajstić information content (AvgIpc) is 2.61. The summed E-state index contributed by atoms with van der Waals surface area (Å²) in [5.41, 5.74) is 2.80. The van der Waals surface area contributed by atoms with Crippen LogP contribution in [-0.2, 0) is 13.5 Å². The summed E-state index contributed by atoms with van der Waals surface area (Å²) in [6.45, 7) is 1.94. The van der Waals surface area contributed by atoms with Gasteiger partial charge in [0.15, 0.2) is 0 Å². The van der Waals surface area contributed by atoms with Crippen LogP contribution < -0.4 is 0 Å². The molecule has 1 heterocycles. The van der Waals surface area contributed by atoms with E-state index in [-0.39, 0.29) is 0 Å². The Labute approximate surface area is 125 Å². The molecule has 0 aliphatic carbocycles. The third-order valence-electron chi connectivity index (χ3n) is 2.83. The fourth-order valence-corrected chi connectivity index (χ4v) is 2.42. The lowest BCUT2D eigenvalue weighted by Crippen LogP contribution is -2.06. The topological polar surface area (TPSA) is 38.0 Å². The van der Waals surface area contributed by atoms with Crippen molar-refractivity contribution in [1.29, 1.82) is 0 Å². The lowest BCUT2D eigenvalue weighted by atomic mass is 10.0. The minimum Gasteiger partial charge on any atom is -0.388 e. The van der Waals surface area contributed by atoms with Crippen molar-refractivity contribution in [1.82, 2.24) is 9.78 Å². The summed E-state index contributed by atoms with van der Waals surface area (Å²) < 4.78 is 2.79. The standard InChI is InChI=1S/C13H14ClIN2O/c1-8-5-10(17(2)16-8)7-13(18)9-3-4-12(15)11(14)6-9/h3-6,13,18H,7H2,1-2H3. The molecule has 0 bridgehead atoms. The van der Waals surface area contributed by atoms with Crippen molar-refractivity contribution in [3.05, 3.63) is 49.8 Å². The van der Waals surface area contributed by atoms with Crippen LogP contribution >= 0.6 is 34.2 Å². The summed E-state index contributed by atoms with van der Waals surface area (Å²) in [4.78, 5) is 0. The molecule has 0 aliphatic heterocycles. The zero-order valence-corrected chi connectivity index (χ0v) is 13.1. The fourth-order valence-electron chi connectivity index (χ4n) is 1.89. The second-order valence-corrected chi connectivity index (χ2v) is 5.86. The second kappa shape index (κ2) is 5.59. The molecule has 2 aromatic rings. The van der Waals surface area contributed by atoms with Gasteiger partial charge in [0.2, 0.25) is 0 Å². The molecule has 1 N–H and O–H groups in total. The maximum Gasteiger partial charge on any atom is 0.0845 e. The third kappa shape index (κ3) is 3.05. The predicted molar refractivity (Wildman–Crippen MR) is 80.8 cm³/mol. The first-order valence-corrected chi connectivity index (χ1v) is 7.05. The number of hydrogen-bond acceptors (Lipinski definition) is 2. The van der Waals surface area contributed by atoms with Crippen LogP contribution in [0.4, 0.5) is 0 Å². The van der Waals surface area contributed by atoms with Gasteiger partial charge in [0.25, 0.3) is 0 Å². The van der Waals surface area contributed by atoms with Gasteiger partial charge in [0, 0.05) is 22.7 Å². The van der Waals surface area contributed by atoms with Crippen molar-refractivity contribution in [2.24, 2.45) is 7.05 Å². The van der Waals surface area contributed by atoms with E-state index in [9.17, 15) is 5.11 Å². The molecule has 0 amide bonds. The Morgan fingerprint density at radius 2 is 2.17 bits per heavy atom. The van der Waals surface area contributed by atoms with Crippen molar-refractivity contribution in [3.8, 4) is 0 Å². The maximum absolute atomic E-state index is 10.2. The van der Waals surface area contributed by atoms with Crippen molar-refractivity contribution < 1.29 is 5.11 Å². The number of aliphatic hydroxyl groups excluding tert-OH is 1. The van der Waals surface area contributed by atoms with Crippen LogP contribution in [0.3, 0.4) is 0 Å². The number of halogens is 2. The van der Waals surface area contributed by atoms with E-state index in [1.165, 1.54) is 0 Å². The lowest BCUT2D eigenvalue weighted by Gasteiger charge is -2.12. The summed E-state index contributed by atoms with van der Waals surface area (Å²) in [7, 11) is 1.88. The Morgan fingerprint density at radius 1 is 1.44 bits per heavy atom. The highest BCUT2D eigenvalue weighted by Gasteiger charge is 2.13. The fraction of sp³-hybridized carbons (Fsp3) is 0.308. The third-order valence-corrected chi connectivity index (χ3v) is 4.40. The van der Waals surface area contributed by atoms with Gasteiger partial charge in [0.1, 0.15) is 0 Å². The molecule has 96 valence electrons. The van der Waals surface area contributed by atoms with Gasteiger partial charge in [-0.15, -0.1) is 0 Å². The molecule has 18 heavy (non-hydrogen) atoms. The zero-order chi connectivity index (χ0) is 13.3. The van der Waals surface area contributed by atoms with Crippen LogP contribution in [0.1, 0.15) is 23.1 Å². The van der Waals surface area contributed by atoms with Gasteiger partial charge in [-0.05, 0) is 53.3 Å². The van der Waals surface area contributed by atoms with Crippen molar-refractivity contribution >= 4 is 34.2 Å². The predicted octanol–water partition coefficient (Wildman–Crippen LogP) is 3.26. The summed E-state index contributed by atoms with van der Waals surface area (Å²) in [6, 6.07) is 7.62. The Bertz CT molecular complexity index is 568. The van der Waals surface area contributed by atoms with Gasteiger partial charge >= 0.3 is 0 Å². The number of nitrogens with zero attached hydrogens (tertiary/aromatic N) is 2. The summed E-state index contributed by atoms with van der Waals surface area (Å²) in [5.74, 6) is 0. The number of aliphatic hydroxyl groups is 1. The lowest BCUT2D eigenvalue weighted by molar-refractivity contribution is 0.176. The normalized spacial score (nSPS) is 12.7. The molecule has 1 aromatic carbocycles. The van der Waals surface area contributed by atoms with Crippen LogP contribution in [0.2, 0.25) is 5.02 Å². The van der Waals surface area contributed by atoms with E-state index >= 15 is 0 Å². The van der Waals surface area contributed by atoms with E-state index in [2.05, 4.69) is 27.7 Å². The van der Waals surface area contributed by atoms with Gasteiger partial charge in [0.05, 0.1) is 16.8 Å². The Morgan fingerprint density at radius 3 is 2.72 bits per heavy atom. The highest BCUT2D eigenvalue weighted by Crippen LogP contribution is 2.25. The molecular weight excluding hydrogens is 363 g/mol. The summed E-state index contributed by atoms with van der Waals surface area (Å²) in [5, 5.41) is 15.2. The first-order valence-electron chi connectivity index (χ1n) is 5.60. The van der Waals surface area contributed by atoms with Crippen LogP contribution in [0.15, 0.2) is 24.3 Å². The quantitative estimate of drug-likeness (QED) is 0.835. The first kappa shape index (κ1) is 13.8. The highest BCUT2D eigenvalue weighted by molar-refractivity contribution is 14.1. The largest absolute Gasteiger partial charge is 0.388 e. The minimum atomic E-state index is -0.561. The smallest absolute Gasteiger partial charge is 0.0845 e. The number of hydrogen-bond donors (Lipinski definition) is 1. The van der Waals surface area contributed by atoms with Gasteiger partial charge in [-0.25, -0.2) is 0 Å². The Hall–Kier alpha value is -0.590. The molecule has 0 radical (unpaired) electrons. The molecule has 0 fully saturated rings. The van der Waals surface area contributed by atoms with Gasteiger partial charge in [-0.2, -0.15) is 5.10 Å². The van der Waals surface area contributed by atoms with Crippen LogP contribution in [0.5, 0.6) is 0 Å². The van der Waals surface area contributed by atoms with E-state index < -0.39 is 6.10 Å². The Balaban J connectivity index is 2.19. The highest BCUT2D eigenvalue weighted by atomic mass is 127. The van der Waals surface area contributed by atoms with E-state index in [1.807, 2.05) is 38.2 Å². The van der Waals surface area contributed by atoms with Crippen LogP contribution in [0.25, 0.3) is 0 Å². The van der Waals surface area contributed by atoms with Crippen LogP contribution in [-0.4, -0.2) is 14.9 Å². The van der Waals surface area contributed by atoms with Crippen molar-refractivity contribution in [2.75, 3.05) is 0 Å². The molecule has 1 atom stereocenters. The first-order chi connectivity index (χ1) is 8.47.